The second kappa shape index (κ2) is 8.09. The topological polar surface area (TPSA) is 127 Å². The summed E-state index contributed by atoms with van der Waals surface area (Å²) in [5.74, 6) is -0.280. The lowest BCUT2D eigenvalue weighted by Gasteiger charge is -2.37. The van der Waals surface area contributed by atoms with Crippen LogP contribution >= 0.6 is 0 Å². The van der Waals surface area contributed by atoms with Crippen LogP contribution in [-0.2, 0) is 31.0 Å². The summed E-state index contributed by atoms with van der Waals surface area (Å²) < 4.78 is 0. The number of aromatic nitrogens is 1. The number of H-pyrrole nitrogens is 1. The van der Waals surface area contributed by atoms with Crippen LogP contribution in [0, 0.1) is 0 Å². The molecule has 1 unspecified atom stereocenters. The van der Waals surface area contributed by atoms with Crippen LogP contribution in [0.1, 0.15) is 42.9 Å². The second-order valence-electron chi connectivity index (χ2n) is 11.8. The van der Waals surface area contributed by atoms with Crippen molar-refractivity contribution < 1.29 is 19.2 Å². The van der Waals surface area contributed by atoms with E-state index >= 15 is 0 Å². The molecule has 0 bridgehead atoms. The van der Waals surface area contributed by atoms with Crippen LogP contribution in [-0.4, -0.2) is 75.3 Å². The first kappa shape index (κ1) is 23.5. The van der Waals surface area contributed by atoms with Gasteiger partial charge in [-0.25, -0.2) is 0 Å². The van der Waals surface area contributed by atoms with Gasteiger partial charge in [0.2, 0.25) is 23.6 Å². The van der Waals surface area contributed by atoms with Gasteiger partial charge >= 0.3 is 0 Å². The summed E-state index contributed by atoms with van der Waals surface area (Å²) in [6, 6.07) is 12.3. The summed E-state index contributed by atoms with van der Waals surface area (Å²) in [4.78, 5) is 59.0. The molecule has 40 heavy (non-hydrogen) atoms. The SMILES string of the molecule is C[C@@H]1NC(=O)C2C[C@]3(c4ccc5c(C[C@H]6NC(=O)[C@H]7CCCN7C6=O)c[nH]c5c4)c4ccccc4N[C@@H]3N2C1=O. The minimum atomic E-state index is -0.601. The van der Waals surface area contributed by atoms with Gasteiger partial charge in [-0.1, -0.05) is 30.3 Å². The van der Waals surface area contributed by atoms with E-state index in [4.69, 9.17) is 0 Å². The molecule has 4 fully saturated rings. The van der Waals surface area contributed by atoms with Gasteiger partial charge in [-0.2, -0.15) is 0 Å². The fraction of sp³-hybridized carbons (Fsp3) is 0.400. The number of aromatic amines is 1. The smallest absolute Gasteiger partial charge is 0.247 e. The molecule has 4 saturated heterocycles. The molecule has 0 aliphatic carbocycles. The maximum Gasteiger partial charge on any atom is 0.247 e. The van der Waals surface area contributed by atoms with E-state index in [2.05, 4.69) is 45.2 Å². The van der Waals surface area contributed by atoms with Crippen LogP contribution in [0.15, 0.2) is 48.7 Å². The Labute approximate surface area is 230 Å². The summed E-state index contributed by atoms with van der Waals surface area (Å²) >= 11 is 0. The third-order valence-electron chi connectivity index (χ3n) is 9.74. The number of para-hydroxylation sites is 1. The van der Waals surface area contributed by atoms with Gasteiger partial charge in [-0.15, -0.1) is 0 Å². The summed E-state index contributed by atoms with van der Waals surface area (Å²) in [6.45, 7) is 2.37. The number of carbonyl (C=O) groups excluding carboxylic acids is 4. The van der Waals surface area contributed by atoms with Gasteiger partial charge in [0, 0.05) is 35.8 Å². The van der Waals surface area contributed by atoms with Gasteiger partial charge in [0.05, 0.1) is 5.41 Å². The standard InChI is InChI=1S/C30H30N6O4/c1-15-27(39)36-24(26(38)32-15)13-30(19-5-2-3-6-20(19)34-29(30)36)17-8-9-18-16(14-31-21(18)12-17)11-22-28(40)35-10-4-7-23(35)25(37)33-22/h2-3,5-6,8-9,12,14-15,22-24,29,31,34H,4,7,10-11,13H2,1H3,(H,32,38)(H,33,37)/t15-,22+,23+,24?,29+,30-/m0/s1. The summed E-state index contributed by atoms with van der Waals surface area (Å²) in [6.07, 6.45) is 4.00. The molecule has 2 aromatic carbocycles. The van der Waals surface area contributed by atoms with Gasteiger partial charge in [-0.3, -0.25) is 19.2 Å². The number of rotatable bonds is 3. The summed E-state index contributed by atoms with van der Waals surface area (Å²) in [5, 5.41) is 10.4. The molecule has 6 atom stereocenters. The number of anilines is 1. The van der Waals surface area contributed by atoms with Crippen molar-refractivity contribution in [2.24, 2.45) is 0 Å². The first-order valence-corrected chi connectivity index (χ1v) is 14.1. The van der Waals surface area contributed by atoms with Crippen LogP contribution in [0.2, 0.25) is 0 Å². The number of hydrogen-bond acceptors (Lipinski definition) is 5. The Balaban J connectivity index is 1.18. The quantitative estimate of drug-likeness (QED) is 0.401. The van der Waals surface area contributed by atoms with E-state index in [1.165, 1.54) is 0 Å². The second-order valence-corrected chi connectivity index (χ2v) is 11.8. The van der Waals surface area contributed by atoms with Crippen molar-refractivity contribution in [3.05, 3.63) is 65.4 Å². The van der Waals surface area contributed by atoms with E-state index in [9.17, 15) is 19.2 Å². The molecule has 5 aliphatic heterocycles. The van der Waals surface area contributed by atoms with Crippen LogP contribution < -0.4 is 16.0 Å². The number of fused-ring (bicyclic) bond motifs is 7. The van der Waals surface area contributed by atoms with Crippen molar-refractivity contribution in [3.63, 3.8) is 0 Å². The van der Waals surface area contributed by atoms with Crippen molar-refractivity contribution >= 4 is 40.2 Å². The Hall–Kier alpha value is -4.34. The lowest BCUT2D eigenvalue weighted by Crippen LogP contribution is -2.63. The van der Waals surface area contributed by atoms with E-state index in [1.807, 2.05) is 24.4 Å². The van der Waals surface area contributed by atoms with Gasteiger partial charge in [0.1, 0.15) is 30.3 Å². The Kier molecular flexibility index (Phi) is 4.76. The van der Waals surface area contributed by atoms with Crippen LogP contribution in [0.3, 0.4) is 0 Å². The molecule has 0 radical (unpaired) electrons. The lowest BCUT2D eigenvalue weighted by molar-refractivity contribution is -0.148. The number of amides is 4. The molecule has 4 N–H and O–H groups in total. The number of carbonyl (C=O) groups is 4. The van der Waals surface area contributed by atoms with Crippen molar-refractivity contribution in [3.8, 4) is 0 Å². The van der Waals surface area contributed by atoms with Crippen molar-refractivity contribution in [2.45, 2.75) is 68.4 Å². The highest BCUT2D eigenvalue weighted by molar-refractivity contribution is 6.00. The Morgan fingerprint density at radius 3 is 2.65 bits per heavy atom. The molecule has 1 aromatic heterocycles. The van der Waals surface area contributed by atoms with E-state index in [0.29, 0.717) is 19.4 Å². The highest BCUT2D eigenvalue weighted by atomic mass is 16.2. The number of nitrogens with zero attached hydrogens (tertiary/aromatic N) is 2. The predicted octanol–water partition coefficient (Wildman–Crippen LogP) is 1.36. The minimum Gasteiger partial charge on any atom is -0.364 e. The third kappa shape index (κ3) is 2.99. The van der Waals surface area contributed by atoms with E-state index < -0.39 is 23.5 Å². The first-order valence-electron chi connectivity index (χ1n) is 14.1. The zero-order chi connectivity index (χ0) is 27.3. The molecule has 3 aromatic rings. The fourth-order valence-electron chi connectivity index (χ4n) is 7.88. The molecule has 6 heterocycles. The van der Waals surface area contributed by atoms with E-state index in [-0.39, 0.29) is 35.8 Å². The average Bonchev–Trinajstić information content (AvgIpc) is 3.72. The molecule has 5 aliphatic rings. The number of benzene rings is 2. The monoisotopic (exact) mass is 538 g/mol. The molecular formula is C30H30N6O4. The maximum atomic E-state index is 13.3. The Bertz CT molecular complexity index is 1630. The molecule has 10 nitrogen and oxygen atoms in total. The van der Waals surface area contributed by atoms with Crippen molar-refractivity contribution in [1.82, 2.24) is 25.4 Å². The molecule has 204 valence electrons. The lowest BCUT2D eigenvalue weighted by atomic mass is 9.72. The first-order chi connectivity index (χ1) is 19.4. The van der Waals surface area contributed by atoms with Crippen LogP contribution in [0.5, 0.6) is 0 Å². The molecule has 4 amide bonds. The van der Waals surface area contributed by atoms with Crippen molar-refractivity contribution in [1.29, 1.82) is 0 Å². The zero-order valence-corrected chi connectivity index (χ0v) is 22.1. The molecular weight excluding hydrogens is 508 g/mol. The number of hydrogen-bond donors (Lipinski definition) is 4. The molecule has 0 saturated carbocycles. The van der Waals surface area contributed by atoms with Gasteiger partial charge in [0.25, 0.3) is 0 Å². The third-order valence-corrected chi connectivity index (χ3v) is 9.74. The fourth-order valence-corrected chi connectivity index (χ4v) is 7.88. The average molecular weight is 539 g/mol. The predicted molar refractivity (Wildman–Crippen MR) is 146 cm³/mol. The largest absolute Gasteiger partial charge is 0.364 e. The molecule has 10 heteroatoms. The highest BCUT2D eigenvalue weighted by Crippen LogP contribution is 2.55. The minimum absolute atomic E-state index is 0.0109. The zero-order valence-electron chi connectivity index (χ0n) is 22.1. The highest BCUT2D eigenvalue weighted by Gasteiger charge is 2.63. The van der Waals surface area contributed by atoms with Crippen molar-refractivity contribution in [2.75, 3.05) is 11.9 Å². The van der Waals surface area contributed by atoms with Crippen LogP contribution in [0.25, 0.3) is 10.9 Å². The van der Waals surface area contributed by atoms with Gasteiger partial charge < -0.3 is 30.7 Å². The van der Waals surface area contributed by atoms with Gasteiger partial charge in [0.15, 0.2) is 0 Å². The Morgan fingerprint density at radius 1 is 0.950 bits per heavy atom. The molecule has 8 rings (SSSR count). The van der Waals surface area contributed by atoms with Crippen LogP contribution in [0.4, 0.5) is 5.69 Å². The normalized spacial score (nSPS) is 32.4. The number of piperazine rings is 2. The number of nitrogens with one attached hydrogen (secondary N) is 4. The Morgan fingerprint density at radius 2 is 1.77 bits per heavy atom. The summed E-state index contributed by atoms with van der Waals surface area (Å²) in [7, 11) is 0. The maximum absolute atomic E-state index is 13.3. The van der Waals surface area contributed by atoms with E-state index in [0.717, 1.165) is 46.1 Å². The summed E-state index contributed by atoms with van der Waals surface area (Å²) in [5.41, 5.74) is 4.33. The van der Waals surface area contributed by atoms with Gasteiger partial charge in [-0.05, 0) is 55.0 Å². The molecule has 0 spiro atoms. The van der Waals surface area contributed by atoms with E-state index in [1.54, 1.807) is 16.7 Å².